The van der Waals surface area contributed by atoms with Gasteiger partial charge >= 0.3 is 0 Å². The van der Waals surface area contributed by atoms with Gasteiger partial charge in [-0.05, 0) is 68.4 Å². The normalized spacial score (nSPS) is 12.6. The van der Waals surface area contributed by atoms with Crippen LogP contribution in [0, 0.1) is 0 Å². The summed E-state index contributed by atoms with van der Waals surface area (Å²) in [5.74, 6) is 3.03. The average Bonchev–Trinajstić information content (AvgIpc) is 2.76. The van der Waals surface area contributed by atoms with Crippen LogP contribution in [0.3, 0.4) is 0 Å². The fourth-order valence-corrected chi connectivity index (χ4v) is 5.03. The summed E-state index contributed by atoms with van der Waals surface area (Å²) in [6, 6.07) is 16.6. The van der Waals surface area contributed by atoms with E-state index >= 15 is 0 Å². The molecule has 4 nitrogen and oxygen atoms in total. The lowest BCUT2D eigenvalue weighted by Crippen LogP contribution is -2.33. The maximum Gasteiger partial charge on any atom is 0.122 e. The lowest BCUT2D eigenvalue weighted by Gasteiger charge is -2.22. The highest BCUT2D eigenvalue weighted by molar-refractivity contribution is 8.49. The Bertz CT molecular complexity index is 729. The second kappa shape index (κ2) is 14.7. The summed E-state index contributed by atoms with van der Waals surface area (Å²) in [6.07, 6.45) is 3.87. The molecule has 0 aliphatic carbocycles. The van der Waals surface area contributed by atoms with Crippen LogP contribution in [0.25, 0.3) is 0 Å². The number of ether oxygens (including phenoxy) is 3. The number of methoxy groups -OCH3 is 1. The minimum Gasteiger partial charge on any atom is -0.497 e. The van der Waals surface area contributed by atoms with E-state index in [0.717, 1.165) is 37.2 Å². The molecule has 0 aromatic heterocycles. The minimum absolute atomic E-state index is 0.0566. The highest BCUT2D eigenvalue weighted by Gasteiger charge is 2.13. The van der Waals surface area contributed by atoms with Gasteiger partial charge in [0.25, 0.3) is 0 Å². The second-order valence-corrected chi connectivity index (χ2v) is 10.1. The number of rotatable bonds is 15. The van der Waals surface area contributed by atoms with Gasteiger partial charge in [0.2, 0.25) is 0 Å². The maximum absolute atomic E-state index is 6.23. The Morgan fingerprint density at radius 3 is 2.67 bits per heavy atom. The smallest absolute Gasteiger partial charge is 0.122 e. The molecule has 6 heteroatoms. The van der Waals surface area contributed by atoms with Gasteiger partial charge in [0, 0.05) is 14.3 Å². The number of hydrogen-bond donors (Lipinski definition) is 0. The summed E-state index contributed by atoms with van der Waals surface area (Å²) in [7, 11) is 7.13. The third-order valence-corrected chi connectivity index (χ3v) is 6.97. The second-order valence-electron chi connectivity index (χ2n) is 7.41. The molecule has 0 saturated carbocycles. The Labute approximate surface area is 188 Å². The Balaban J connectivity index is 1.90. The fraction of sp³-hybridized carbons (Fsp3) is 0.500. The summed E-state index contributed by atoms with van der Waals surface area (Å²) >= 11 is 1.92. The molecule has 0 heterocycles. The van der Waals surface area contributed by atoms with Gasteiger partial charge in [-0.3, -0.25) is 0 Å². The Hall–Kier alpha value is -1.26. The quantitative estimate of drug-likeness (QED) is 0.255. The van der Waals surface area contributed by atoms with Gasteiger partial charge in [-0.1, -0.05) is 37.3 Å². The first-order valence-corrected chi connectivity index (χ1v) is 13.2. The number of aryl methyl sites for hydroxylation is 2. The van der Waals surface area contributed by atoms with Crippen LogP contribution in [-0.2, 0) is 17.6 Å². The van der Waals surface area contributed by atoms with Crippen molar-refractivity contribution in [1.82, 2.24) is 4.90 Å². The first-order valence-electron chi connectivity index (χ1n) is 10.5. The molecular weight excluding hydrogens is 413 g/mol. The molecule has 1 atom stereocenters. The van der Waals surface area contributed by atoms with Crippen LogP contribution in [-0.4, -0.2) is 57.5 Å². The largest absolute Gasteiger partial charge is 0.497 e. The van der Waals surface area contributed by atoms with E-state index in [0.29, 0.717) is 6.61 Å². The molecule has 0 aliphatic heterocycles. The first kappa shape index (κ1) is 25.0. The van der Waals surface area contributed by atoms with E-state index in [1.807, 2.05) is 29.6 Å². The van der Waals surface area contributed by atoms with E-state index in [4.69, 9.17) is 14.2 Å². The van der Waals surface area contributed by atoms with Crippen molar-refractivity contribution in [2.45, 2.75) is 32.3 Å². The van der Waals surface area contributed by atoms with E-state index in [9.17, 15) is 0 Å². The molecular formula is C24H35NO3PS. The van der Waals surface area contributed by atoms with Crippen molar-refractivity contribution in [2.24, 2.45) is 0 Å². The van der Waals surface area contributed by atoms with Crippen LogP contribution in [0.4, 0.5) is 0 Å². The molecule has 0 bridgehead atoms. The zero-order valence-corrected chi connectivity index (χ0v) is 20.4. The van der Waals surface area contributed by atoms with E-state index < -0.39 is 0 Å². The monoisotopic (exact) mass is 448 g/mol. The molecule has 0 amide bonds. The van der Waals surface area contributed by atoms with E-state index in [2.05, 4.69) is 56.3 Å². The number of para-hydroxylation sites is 1. The summed E-state index contributed by atoms with van der Waals surface area (Å²) in [4.78, 5) is 2.15. The molecule has 0 saturated heterocycles. The predicted molar refractivity (Wildman–Crippen MR) is 130 cm³/mol. The van der Waals surface area contributed by atoms with Gasteiger partial charge < -0.3 is 19.1 Å². The van der Waals surface area contributed by atoms with Gasteiger partial charge in [0.15, 0.2) is 0 Å². The highest BCUT2D eigenvalue weighted by atomic mass is 32.7. The molecule has 0 spiro atoms. The van der Waals surface area contributed by atoms with Crippen molar-refractivity contribution in [2.75, 3.05) is 46.5 Å². The maximum atomic E-state index is 6.23. The number of likely N-dealkylation sites (N-methyl/N-ethyl adjacent to an activating group) is 1. The van der Waals surface area contributed by atoms with Crippen LogP contribution >= 0.6 is 19.2 Å². The SMILES string of the molecule is CCCS[P]COC(COc1ccccc1CCc1cccc(OC)c1)CN(C)C. The van der Waals surface area contributed by atoms with Gasteiger partial charge in [-0.15, -0.1) is 11.4 Å². The molecule has 165 valence electrons. The van der Waals surface area contributed by atoms with Crippen molar-refractivity contribution in [1.29, 1.82) is 0 Å². The average molecular weight is 449 g/mol. The van der Waals surface area contributed by atoms with Crippen molar-refractivity contribution in [3.8, 4) is 11.5 Å². The number of benzene rings is 2. The third-order valence-electron chi connectivity index (χ3n) is 4.53. The Morgan fingerprint density at radius 1 is 1.07 bits per heavy atom. The number of nitrogens with zero attached hydrogens (tertiary/aromatic N) is 1. The van der Waals surface area contributed by atoms with Gasteiger partial charge in [0.1, 0.15) is 24.2 Å². The summed E-state index contributed by atoms with van der Waals surface area (Å²) in [5, 5.41) is 0. The summed E-state index contributed by atoms with van der Waals surface area (Å²) < 4.78 is 17.7. The van der Waals surface area contributed by atoms with Crippen molar-refractivity contribution in [3.63, 3.8) is 0 Å². The predicted octanol–water partition coefficient (Wildman–Crippen LogP) is 5.77. The molecule has 0 aliphatic rings. The molecule has 0 fully saturated rings. The lowest BCUT2D eigenvalue weighted by atomic mass is 10.0. The molecule has 2 aromatic rings. The van der Waals surface area contributed by atoms with Crippen molar-refractivity contribution in [3.05, 3.63) is 59.7 Å². The van der Waals surface area contributed by atoms with Crippen LogP contribution in [0.5, 0.6) is 11.5 Å². The molecule has 30 heavy (non-hydrogen) atoms. The van der Waals surface area contributed by atoms with Crippen molar-refractivity contribution >= 4 is 19.2 Å². The standard InChI is InChI=1S/C24H35NO3PS/c1-5-15-30-29-19-28-23(17-25(2)3)18-27-24-12-7-6-10-21(24)14-13-20-9-8-11-22(16-20)26-4/h6-12,16,23H,5,13-15,17-19H2,1-4H3. The summed E-state index contributed by atoms with van der Waals surface area (Å²) in [6.45, 7) is 3.61. The minimum atomic E-state index is 0.0566. The highest BCUT2D eigenvalue weighted by Crippen LogP contribution is 2.30. The van der Waals surface area contributed by atoms with E-state index in [1.54, 1.807) is 7.11 Å². The van der Waals surface area contributed by atoms with E-state index in [-0.39, 0.29) is 6.10 Å². The number of hydrogen-bond acceptors (Lipinski definition) is 5. The Kier molecular flexibility index (Phi) is 12.2. The molecule has 1 unspecified atom stereocenters. The zero-order chi connectivity index (χ0) is 21.6. The van der Waals surface area contributed by atoms with Crippen LogP contribution < -0.4 is 9.47 Å². The van der Waals surface area contributed by atoms with E-state index in [1.165, 1.54) is 31.1 Å². The topological polar surface area (TPSA) is 30.9 Å². The zero-order valence-electron chi connectivity index (χ0n) is 18.7. The Morgan fingerprint density at radius 2 is 1.90 bits per heavy atom. The van der Waals surface area contributed by atoms with Crippen molar-refractivity contribution < 1.29 is 14.2 Å². The van der Waals surface area contributed by atoms with Gasteiger partial charge in [-0.25, -0.2) is 0 Å². The third kappa shape index (κ3) is 9.70. The fourth-order valence-electron chi connectivity index (χ4n) is 3.03. The van der Waals surface area contributed by atoms with Crippen LogP contribution in [0.1, 0.15) is 24.5 Å². The first-order chi connectivity index (χ1) is 14.6. The molecule has 1 radical (unpaired) electrons. The van der Waals surface area contributed by atoms with Gasteiger partial charge in [0.05, 0.1) is 13.5 Å². The molecule has 2 rings (SSSR count). The lowest BCUT2D eigenvalue weighted by molar-refractivity contribution is 0.0307. The van der Waals surface area contributed by atoms with Gasteiger partial charge in [-0.2, -0.15) is 0 Å². The summed E-state index contributed by atoms with van der Waals surface area (Å²) in [5.41, 5.74) is 2.49. The molecule has 2 aromatic carbocycles. The van der Waals surface area contributed by atoms with Crippen LogP contribution in [0.15, 0.2) is 48.5 Å². The van der Waals surface area contributed by atoms with Crippen LogP contribution in [0.2, 0.25) is 0 Å². The molecule has 0 N–H and O–H groups in total.